The Hall–Kier alpha value is -0.950. The van der Waals surface area contributed by atoms with Gasteiger partial charge in [-0.05, 0) is 6.42 Å². The summed E-state index contributed by atoms with van der Waals surface area (Å²) in [5, 5.41) is 30.2. The van der Waals surface area contributed by atoms with Gasteiger partial charge in [-0.1, -0.05) is 13.3 Å². The molecule has 2 heterocycles. The molecule has 6 heteroatoms. The minimum absolute atomic E-state index is 0.0268. The van der Waals surface area contributed by atoms with E-state index < -0.39 is 42.6 Å². The van der Waals surface area contributed by atoms with E-state index in [0.717, 1.165) is 6.42 Å². The maximum Gasteiger partial charge on any atom is 0.337 e. The molecule has 0 spiro atoms. The molecule has 2 aliphatic heterocycles. The smallest absolute Gasteiger partial charge is 0.337 e. The summed E-state index contributed by atoms with van der Waals surface area (Å²) in [6.45, 7) is 1.91. The van der Waals surface area contributed by atoms with E-state index in [1.54, 1.807) is 0 Å². The zero-order chi connectivity index (χ0) is 13.0. The Morgan fingerprint density at radius 3 is 2.44 bits per heavy atom. The number of aliphatic hydroxyl groups is 3. The zero-order valence-electron chi connectivity index (χ0n) is 9.94. The Balaban J connectivity index is 1.99. The first-order chi connectivity index (χ1) is 8.56. The predicted molar refractivity (Wildman–Crippen MR) is 58.5 cm³/mol. The van der Waals surface area contributed by atoms with E-state index in [2.05, 4.69) is 0 Å². The molecule has 1 saturated heterocycles. The number of esters is 1. The third-order valence-corrected chi connectivity index (χ3v) is 3.83. The quantitative estimate of drug-likeness (QED) is 0.427. The van der Waals surface area contributed by atoms with Crippen LogP contribution in [0.1, 0.15) is 19.8 Å². The summed E-state index contributed by atoms with van der Waals surface area (Å²) >= 11 is 0. The van der Waals surface area contributed by atoms with Crippen molar-refractivity contribution < 1.29 is 29.6 Å². The van der Waals surface area contributed by atoms with Crippen LogP contribution in [-0.2, 0) is 14.3 Å². The van der Waals surface area contributed by atoms with Crippen LogP contribution in [0.25, 0.3) is 0 Å². The highest BCUT2D eigenvalue weighted by Gasteiger charge is 2.60. The Kier molecular flexibility index (Phi) is 2.71. The number of ether oxygens (including phenoxy) is 2. The van der Waals surface area contributed by atoms with Crippen molar-refractivity contribution in [1.82, 2.24) is 0 Å². The lowest BCUT2D eigenvalue weighted by Crippen LogP contribution is -2.50. The van der Waals surface area contributed by atoms with Crippen molar-refractivity contribution in [3.05, 3.63) is 11.1 Å². The molecule has 0 unspecified atom stereocenters. The number of carbonyl (C=O) groups excluding carboxylic acids is 1. The van der Waals surface area contributed by atoms with E-state index in [4.69, 9.17) is 9.47 Å². The summed E-state index contributed by atoms with van der Waals surface area (Å²) in [7, 11) is 0. The molecule has 1 fully saturated rings. The largest absolute Gasteiger partial charge is 0.456 e. The first-order valence-corrected chi connectivity index (χ1v) is 6.20. The minimum Gasteiger partial charge on any atom is -0.456 e. The van der Waals surface area contributed by atoms with Gasteiger partial charge in [0.25, 0.3) is 0 Å². The molecule has 0 radical (unpaired) electrons. The molecule has 0 aromatic carbocycles. The van der Waals surface area contributed by atoms with Gasteiger partial charge < -0.3 is 24.8 Å². The lowest BCUT2D eigenvalue weighted by Gasteiger charge is -2.36. The molecule has 100 valence electrons. The summed E-state index contributed by atoms with van der Waals surface area (Å²) in [6.07, 6.45) is -3.66. The van der Waals surface area contributed by atoms with Crippen LogP contribution in [0.2, 0.25) is 0 Å². The summed E-state index contributed by atoms with van der Waals surface area (Å²) in [5.74, 6) is -0.658. The van der Waals surface area contributed by atoms with Gasteiger partial charge in [-0.15, -0.1) is 0 Å². The van der Waals surface area contributed by atoms with Crippen molar-refractivity contribution >= 4 is 5.97 Å². The Morgan fingerprint density at radius 2 is 1.78 bits per heavy atom. The van der Waals surface area contributed by atoms with Crippen LogP contribution in [0.5, 0.6) is 0 Å². The first-order valence-electron chi connectivity index (χ1n) is 6.20. The maximum atomic E-state index is 11.9. The van der Waals surface area contributed by atoms with E-state index in [1.165, 1.54) is 0 Å². The average Bonchev–Trinajstić information content (AvgIpc) is 3.11. The molecule has 0 amide bonds. The summed E-state index contributed by atoms with van der Waals surface area (Å²) in [6, 6.07) is 0. The fourth-order valence-electron chi connectivity index (χ4n) is 2.86. The molecule has 0 aromatic heterocycles. The fraction of sp³-hybridized carbons (Fsp3) is 0.750. The second kappa shape index (κ2) is 4.03. The van der Waals surface area contributed by atoms with Crippen LogP contribution in [0.15, 0.2) is 11.1 Å². The first kappa shape index (κ1) is 12.1. The van der Waals surface area contributed by atoms with Crippen LogP contribution in [0, 0.1) is 0 Å². The highest BCUT2D eigenvalue weighted by atomic mass is 16.6. The van der Waals surface area contributed by atoms with E-state index in [0.29, 0.717) is 6.42 Å². The minimum atomic E-state index is -1.11. The molecule has 3 N–H and O–H groups in total. The van der Waals surface area contributed by atoms with Gasteiger partial charge >= 0.3 is 5.97 Å². The van der Waals surface area contributed by atoms with Crippen molar-refractivity contribution in [2.45, 2.75) is 56.4 Å². The second-order valence-electron chi connectivity index (χ2n) is 5.00. The highest BCUT2D eigenvalue weighted by Crippen LogP contribution is 2.44. The van der Waals surface area contributed by atoms with E-state index in [9.17, 15) is 20.1 Å². The van der Waals surface area contributed by atoms with Gasteiger partial charge in [-0.25, -0.2) is 4.79 Å². The van der Waals surface area contributed by atoms with Crippen molar-refractivity contribution in [3.8, 4) is 0 Å². The van der Waals surface area contributed by atoms with Gasteiger partial charge in [-0.3, -0.25) is 0 Å². The zero-order valence-corrected chi connectivity index (χ0v) is 9.94. The Bertz CT molecular complexity index is 417. The monoisotopic (exact) mass is 256 g/mol. The molecule has 18 heavy (non-hydrogen) atoms. The van der Waals surface area contributed by atoms with Crippen molar-refractivity contribution in [1.29, 1.82) is 0 Å². The van der Waals surface area contributed by atoms with Crippen molar-refractivity contribution in [2.24, 2.45) is 0 Å². The maximum absolute atomic E-state index is 11.9. The number of hydrogen-bond acceptors (Lipinski definition) is 6. The van der Waals surface area contributed by atoms with Gasteiger partial charge in [0.2, 0.25) is 0 Å². The Morgan fingerprint density at radius 1 is 1.11 bits per heavy atom. The van der Waals surface area contributed by atoms with Gasteiger partial charge in [0.05, 0.1) is 5.57 Å². The summed E-state index contributed by atoms with van der Waals surface area (Å²) in [4.78, 5) is 11.9. The molecule has 3 rings (SSSR count). The lowest BCUT2D eigenvalue weighted by atomic mass is 9.80. The van der Waals surface area contributed by atoms with Crippen LogP contribution in [-0.4, -0.2) is 57.9 Å². The van der Waals surface area contributed by atoms with Gasteiger partial charge in [0.15, 0.2) is 0 Å². The molecular formula is C12H16O6. The molecule has 6 nitrogen and oxygen atoms in total. The number of rotatable bonds is 2. The lowest BCUT2D eigenvalue weighted by molar-refractivity contribution is -0.155. The third kappa shape index (κ3) is 1.53. The highest BCUT2D eigenvalue weighted by molar-refractivity contribution is 5.93. The number of hydrogen-bond donors (Lipinski definition) is 3. The molecule has 6 atom stereocenters. The number of fused-ring (bicyclic) bond motifs is 1. The standard InChI is InChI=1S/C12H16O6/c1-2-3-4-7(13)5-6(12(16)17-4)9(15)11-10(18-11)8(5)14/h4,7-11,13-15H,2-3H2,1H3/t4-,7-,8+,9-,10-,11+/m1/s1. The molecular weight excluding hydrogens is 240 g/mol. The normalized spacial score (nSPS) is 46.3. The van der Waals surface area contributed by atoms with Crippen LogP contribution < -0.4 is 0 Å². The molecule has 0 bridgehead atoms. The average molecular weight is 256 g/mol. The van der Waals surface area contributed by atoms with Gasteiger partial charge in [0.1, 0.15) is 36.6 Å². The SMILES string of the molecule is CCC[C@H]1OC(=O)C2=C([C@H](O)[C@H]3O[C@H]3[C@@H]2O)[C@@H]1O. The summed E-state index contributed by atoms with van der Waals surface area (Å²) in [5.41, 5.74) is 0.150. The van der Waals surface area contributed by atoms with E-state index >= 15 is 0 Å². The molecule has 0 saturated carbocycles. The van der Waals surface area contributed by atoms with E-state index in [-0.39, 0.29) is 11.1 Å². The third-order valence-electron chi connectivity index (χ3n) is 3.83. The number of cyclic esters (lactones) is 1. The van der Waals surface area contributed by atoms with E-state index in [1.807, 2.05) is 6.92 Å². The Labute approximate surface area is 104 Å². The molecule has 3 aliphatic rings. The van der Waals surface area contributed by atoms with Crippen LogP contribution in [0.3, 0.4) is 0 Å². The fourth-order valence-corrected chi connectivity index (χ4v) is 2.86. The number of epoxide rings is 1. The van der Waals surface area contributed by atoms with Gasteiger partial charge in [0, 0.05) is 5.57 Å². The molecule has 0 aromatic rings. The second-order valence-corrected chi connectivity index (χ2v) is 5.00. The number of aliphatic hydroxyl groups excluding tert-OH is 3. The molecule has 1 aliphatic carbocycles. The summed E-state index contributed by atoms with van der Waals surface area (Å²) < 4.78 is 10.2. The van der Waals surface area contributed by atoms with Gasteiger partial charge in [-0.2, -0.15) is 0 Å². The topological polar surface area (TPSA) is 99.5 Å². The van der Waals surface area contributed by atoms with Crippen LogP contribution >= 0.6 is 0 Å². The van der Waals surface area contributed by atoms with Crippen molar-refractivity contribution in [2.75, 3.05) is 0 Å². The van der Waals surface area contributed by atoms with Crippen molar-refractivity contribution in [3.63, 3.8) is 0 Å². The predicted octanol–water partition coefficient (Wildman–Crippen LogP) is -1.13. The number of carbonyl (C=O) groups is 1. The van der Waals surface area contributed by atoms with Crippen LogP contribution in [0.4, 0.5) is 0 Å².